The monoisotopic (exact) mass is 361 g/mol. The molecule has 20 heavy (non-hydrogen) atoms. The highest BCUT2D eigenvalue weighted by atomic mass is 79.9. The van der Waals surface area contributed by atoms with Gasteiger partial charge in [0.1, 0.15) is 0 Å². The zero-order valence-corrected chi connectivity index (χ0v) is 14.1. The Hall–Kier alpha value is -0.430. The van der Waals surface area contributed by atoms with Crippen molar-refractivity contribution in [2.75, 3.05) is 19.0 Å². The van der Waals surface area contributed by atoms with Crippen molar-refractivity contribution in [1.29, 1.82) is 0 Å². The van der Waals surface area contributed by atoms with E-state index in [-0.39, 0.29) is 18.3 Å². The lowest BCUT2D eigenvalue weighted by molar-refractivity contribution is 0.125. The van der Waals surface area contributed by atoms with Crippen LogP contribution >= 0.6 is 15.9 Å². The third kappa shape index (κ3) is 2.79. The van der Waals surface area contributed by atoms with E-state index in [1.807, 2.05) is 31.2 Å². The van der Waals surface area contributed by atoms with Crippen molar-refractivity contribution in [3.05, 3.63) is 34.3 Å². The number of nitrogens with two attached hydrogens (primary N) is 1. The van der Waals surface area contributed by atoms with Crippen LogP contribution in [0.25, 0.3) is 0 Å². The van der Waals surface area contributed by atoms with Gasteiger partial charge in [-0.1, -0.05) is 35.0 Å². The minimum Gasteiger partial charge on any atom is -0.380 e. The normalized spacial score (nSPS) is 29.4. The Balaban J connectivity index is 2.32. The number of hydrogen-bond donors (Lipinski definition) is 1. The summed E-state index contributed by atoms with van der Waals surface area (Å²) >= 11 is 3.38. The van der Waals surface area contributed by atoms with Gasteiger partial charge in [0, 0.05) is 22.8 Å². The average Bonchev–Trinajstić information content (AvgIpc) is 3.05. The van der Waals surface area contributed by atoms with Crippen LogP contribution < -0.4 is 5.73 Å². The van der Waals surface area contributed by atoms with Crippen molar-refractivity contribution in [2.45, 2.75) is 30.6 Å². The molecule has 2 rings (SSSR count). The van der Waals surface area contributed by atoms with Crippen molar-refractivity contribution in [2.24, 2.45) is 5.73 Å². The molecule has 0 spiro atoms. The van der Waals surface area contributed by atoms with Crippen LogP contribution in [0.3, 0.4) is 0 Å². The highest BCUT2D eigenvalue weighted by Gasteiger charge is 2.68. The standard InChI is InChI=1S/C14H20BrNO3S/c1-3-19-9-14(16)12(13(14)20(17,18)4-2)10-5-7-11(15)8-6-10/h5-8,12-13H,3-4,9,16H2,1-2H3. The second-order valence-electron chi connectivity index (χ2n) is 5.15. The van der Waals surface area contributed by atoms with Gasteiger partial charge < -0.3 is 10.5 Å². The predicted octanol–water partition coefficient (Wildman–Crippen LogP) is 2.08. The van der Waals surface area contributed by atoms with Gasteiger partial charge in [0.15, 0.2) is 9.84 Å². The summed E-state index contributed by atoms with van der Waals surface area (Å²) in [5.74, 6) is -0.0810. The summed E-state index contributed by atoms with van der Waals surface area (Å²) in [5, 5.41) is -0.548. The van der Waals surface area contributed by atoms with E-state index < -0.39 is 20.6 Å². The molecule has 3 atom stereocenters. The van der Waals surface area contributed by atoms with Crippen LogP contribution in [-0.4, -0.2) is 38.2 Å². The topological polar surface area (TPSA) is 69.4 Å². The van der Waals surface area contributed by atoms with E-state index in [4.69, 9.17) is 10.5 Å². The molecule has 1 fully saturated rings. The molecule has 4 nitrogen and oxygen atoms in total. The molecular formula is C14H20BrNO3S. The average molecular weight is 362 g/mol. The van der Waals surface area contributed by atoms with Gasteiger partial charge in [-0.15, -0.1) is 0 Å². The molecule has 0 aromatic heterocycles. The molecule has 1 aliphatic rings. The summed E-state index contributed by atoms with van der Waals surface area (Å²) in [4.78, 5) is 0. The first-order valence-electron chi connectivity index (χ1n) is 6.70. The molecule has 112 valence electrons. The van der Waals surface area contributed by atoms with Crippen molar-refractivity contribution in [1.82, 2.24) is 0 Å². The Labute approximate surface area is 128 Å². The highest BCUT2D eigenvalue weighted by molar-refractivity contribution is 9.10. The first-order chi connectivity index (χ1) is 9.36. The van der Waals surface area contributed by atoms with E-state index in [0.29, 0.717) is 6.61 Å². The summed E-state index contributed by atoms with van der Waals surface area (Å²) in [5.41, 5.74) is 6.49. The lowest BCUT2D eigenvalue weighted by Gasteiger charge is -2.12. The van der Waals surface area contributed by atoms with E-state index in [2.05, 4.69) is 15.9 Å². The maximum atomic E-state index is 12.2. The number of halogens is 1. The van der Waals surface area contributed by atoms with Gasteiger partial charge in [0.05, 0.1) is 17.4 Å². The highest BCUT2D eigenvalue weighted by Crippen LogP contribution is 2.54. The zero-order valence-electron chi connectivity index (χ0n) is 11.7. The van der Waals surface area contributed by atoms with Gasteiger partial charge in [-0.05, 0) is 24.6 Å². The molecule has 0 bridgehead atoms. The third-order valence-corrected chi connectivity index (χ3v) is 6.70. The molecule has 0 radical (unpaired) electrons. The minimum absolute atomic E-state index is 0.107. The van der Waals surface area contributed by atoms with E-state index >= 15 is 0 Å². The van der Waals surface area contributed by atoms with Gasteiger partial charge in [-0.3, -0.25) is 0 Å². The largest absolute Gasteiger partial charge is 0.380 e. The summed E-state index contributed by atoms with van der Waals surface area (Å²) in [6.45, 7) is 4.34. The van der Waals surface area contributed by atoms with Crippen LogP contribution in [0.2, 0.25) is 0 Å². The molecule has 0 heterocycles. The predicted molar refractivity (Wildman–Crippen MR) is 83.5 cm³/mol. The second kappa shape index (κ2) is 5.75. The second-order valence-corrected chi connectivity index (χ2v) is 8.48. The van der Waals surface area contributed by atoms with Crippen molar-refractivity contribution < 1.29 is 13.2 Å². The van der Waals surface area contributed by atoms with Crippen LogP contribution in [-0.2, 0) is 14.6 Å². The Morgan fingerprint density at radius 3 is 2.40 bits per heavy atom. The Kier molecular flexibility index (Phi) is 4.59. The molecule has 0 saturated heterocycles. The van der Waals surface area contributed by atoms with Gasteiger partial charge >= 0.3 is 0 Å². The van der Waals surface area contributed by atoms with E-state index in [0.717, 1.165) is 10.0 Å². The summed E-state index contributed by atoms with van der Waals surface area (Å²) in [6.07, 6.45) is 0. The molecular weight excluding hydrogens is 342 g/mol. The van der Waals surface area contributed by atoms with E-state index in [1.54, 1.807) is 6.92 Å². The SMILES string of the molecule is CCOCC1(N)C(c2ccc(Br)cc2)C1S(=O)(=O)CC. The van der Waals surface area contributed by atoms with E-state index in [1.165, 1.54) is 0 Å². The molecule has 1 aliphatic carbocycles. The number of sulfone groups is 1. The summed E-state index contributed by atoms with van der Waals surface area (Å²) < 4.78 is 30.9. The summed E-state index contributed by atoms with van der Waals surface area (Å²) in [7, 11) is -3.19. The van der Waals surface area contributed by atoms with Gasteiger partial charge in [0.25, 0.3) is 0 Å². The molecule has 2 N–H and O–H groups in total. The number of benzene rings is 1. The fourth-order valence-corrected chi connectivity index (χ4v) is 5.00. The Morgan fingerprint density at radius 2 is 1.90 bits per heavy atom. The van der Waals surface area contributed by atoms with Gasteiger partial charge in [0.2, 0.25) is 0 Å². The van der Waals surface area contributed by atoms with Crippen LogP contribution in [0.5, 0.6) is 0 Å². The maximum Gasteiger partial charge on any atom is 0.155 e. The Morgan fingerprint density at radius 1 is 1.30 bits per heavy atom. The number of ether oxygens (including phenoxy) is 1. The van der Waals surface area contributed by atoms with Crippen molar-refractivity contribution in [3.8, 4) is 0 Å². The molecule has 0 aliphatic heterocycles. The van der Waals surface area contributed by atoms with Crippen LogP contribution in [0.1, 0.15) is 25.3 Å². The first kappa shape index (κ1) is 15.9. The van der Waals surface area contributed by atoms with Crippen LogP contribution in [0.4, 0.5) is 0 Å². The molecule has 1 saturated carbocycles. The molecule has 1 aromatic carbocycles. The minimum atomic E-state index is -3.19. The fraction of sp³-hybridized carbons (Fsp3) is 0.571. The maximum absolute atomic E-state index is 12.2. The summed E-state index contributed by atoms with van der Waals surface area (Å²) in [6, 6.07) is 7.66. The van der Waals surface area contributed by atoms with Crippen molar-refractivity contribution >= 4 is 25.8 Å². The van der Waals surface area contributed by atoms with Gasteiger partial charge in [-0.25, -0.2) is 8.42 Å². The smallest absolute Gasteiger partial charge is 0.155 e. The number of hydrogen-bond acceptors (Lipinski definition) is 4. The van der Waals surface area contributed by atoms with Crippen molar-refractivity contribution in [3.63, 3.8) is 0 Å². The Bertz CT molecular complexity index is 573. The molecule has 1 aromatic rings. The van der Waals surface area contributed by atoms with E-state index in [9.17, 15) is 8.42 Å². The zero-order chi connectivity index (χ0) is 15.0. The molecule has 3 unspecified atom stereocenters. The molecule has 0 amide bonds. The first-order valence-corrected chi connectivity index (χ1v) is 9.21. The van der Waals surface area contributed by atoms with Crippen LogP contribution in [0.15, 0.2) is 28.7 Å². The lowest BCUT2D eigenvalue weighted by atomic mass is 10.1. The third-order valence-electron chi connectivity index (χ3n) is 3.88. The lowest BCUT2D eigenvalue weighted by Crippen LogP contribution is -2.36. The fourth-order valence-electron chi connectivity index (χ4n) is 2.75. The molecule has 6 heteroatoms. The van der Waals surface area contributed by atoms with Gasteiger partial charge in [-0.2, -0.15) is 0 Å². The van der Waals surface area contributed by atoms with Crippen LogP contribution in [0, 0.1) is 0 Å². The number of rotatable bonds is 6. The quantitative estimate of drug-likeness (QED) is 0.841.